The van der Waals surface area contributed by atoms with E-state index in [0.717, 1.165) is 12.4 Å². The van der Waals surface area contributed by atoms with Gasteiger partial charge >= 0.3 is 18.4 Å². The largest absolute Gasteiger partial charge is 0.484 e. The molecule has 2 amide bonds. The minimum Gasteiger partial charge on any atom is -0.484 e. The first-order chi connectivity index (χ1) is 18.8. The fourth-order valence-electron chi connectivity index (χ4n) is 3.19. The van der Waals surface area contributed by atoms with Crippen LogP contribution < -0.4 is 15.4 Å². The van der Waals surface area contributed by atoms with Gasteiger partial charge in [0.05, 0.1) is 11.4 Å². The molecule has 0 radical (unpaired) electrons. The molecule has 3 aromatic rings. The Kier molecular flexibility index (Phi) is 8.75. The molecule has 3 rings (SSSR count). The molecule has 0 bridgehead atoms. The van der Waals surface area contributed by atoms with Crippen molar-refractivity contribution < 1.29 is 41.4 Å². The third-order valence-electron chi connectivity index (χ3n) is 4.80. The lowest BCUT2D eigenvalue weighted by Crippen LogP contribution is -2.44. The van der Waals surface area contributed by atoms with Crippen LogP contribution >= 0.6 is 0 Å². The molecule has 2 aromatic heterocycles. The highest BCUT2D eigenvalue weighted by Crippen LogP contribution is 2.31. The van der Waals surface area contributed by atoms with E-state index in [9.17, 15) is 22.8 Å². The summed E-state index contributed by atoms with van der Waals surface area (Å²) in [5.74, 6) is -1.30. The monoisotopic (exact) mass is 579 g/mol. The van der Waals surface area contributed by atoms with Crippen LogP contribution in [0.4, 0.5) is 38.8 Å². The van der Waals surface area contributed by atoms with Crippen LogP contribution in [0.5, 0.6) is 5.75 Å². The zero-order valence-corrected chi connectivity index (χ0v) is 23.2. The van der Waals surface area contributed by atoms with Gasteiger partial charge in [0.25, 0.3) is 0 Å². The molecule has 1 aromatic carbocycles. The number of carbonyl (C=O) groups is 2. The third-order valence-corrected chi connectivity index (χ3v) is 4.80. The highest BCUT2D eigenvalue weighted by atomic mass is 19.4. The van der Waals surface area contributed by atoms with E-state index in [1.54, 1.807) is 41.5 Å². The molecule has 0 saturated heterocycles. The van der Waals surface area contributed by atoms with Crippen molar-refractivity contribution in [3.63, 3.8) is 0 Å². The number of halogens is 4. The SMILES string of the molecule is CC(C)(C)OC(=O)N(C(=O)OC(C)(C)C)c1ncc(-c2nc(-c3ccc(OCC(F)(F)F)cc3)cc(N)c2F)cn1. The summed E-state index contributed by atoms with van der Waals surface area (Å²) in [6.45, 7) is 8.20. The number of ether oxygens (including phenoxy) is 3. The second-order valence-corrected chi connectivity index (χ2v) is 10.8. The molecule has 0 aliphatic rings. The Bertz CT molecular complexity index is 1370. The average Bonchev–Trinajstić information content (AvgIpc) is 2.82. The quantitative estimate of drug-likeness (QED) is 0.335. The van der Waals surface area contributed by atoms with E-state index in [0.29, 0.717) is 10.5 Å². The van der Waals surface area contributed by atoms with E-state index in [1.807, 2.05) is 0 Å². The van der Waals surface area contributed by atoms with Gasteiger partial charge in [-0.1, -0.05) is 0 Å². The maximum absolute atomic E-state index is 15.0. The summed E-state index contributed by atoms with van der Waals surface area (Å²) < 4.78 is 67.5. The number of amides is 2. The van der Waals surface area contributed by atoms with Gasteiger partial charge in [-0.2, -0.15) is 13.2 Å². The first-order valence-corrected chi connectivity index (χ1v) is 12.2. The van der Waals surface area contributed by atoms with Crippen molar-refractivity contribution in [1.29, 1.82) is 0 Å². The Morgan fingerprint density at radius 2 is 1.39 bits per heavy atom. The second kappa shape index (κ2) is 11.6. The Morgan fingerprint density at radius 1 is 0.878 bits per heavy atom. The first kappa shape index (κ1) is 31.0. The lowest BCUT2D eigenvalue weighted by molar-refractivity contribution is -0.153. The van der Waals surface area contributed by atoms with E-state index in [-0.39, 0.29) is 28.4 Å². The molecule has 0 atom stereocenters. The number of nitrogens with two attached hydrogens (primary N) is 1. The Morgan fingerprint density at radius 3 is 1.85 bits per heavy atom. The number of nitrogens with zero attached hydrogens (tertiary/aromatic N) is 4. The molecule has 0 aliphatic heterocycles. The van der Waals surface area contributed by atoms with Crippen molar-refractivity contribution in [3.05, 3.63) is 48.5 Å². The van der Waals surface area contributed by atoms with Crippen molar-refractivity contribution >= 4 is 23.8 Å². The zero-order valence-electron chi connectivity index (χ0n) is 23.2. The highest BCUT2D eigenvalue weighted by Gasteiger charge is 2.34. The van der Waals surface area contributed by atoms with Gasteiger partial charge in [-0.3, -0.25) is 0 Å². The van der Waals surface area contributed by atoms with Gasteiger partial charge in [-0.05, 0) is 71.9 Å². The topological polar surface area (TPSA) is 130 Å². The summed E-state index contributed by atoms with van der Waals surface area (Å²) in [5.41, 5.74) is 4.11. The molecule has 0 saturated carbocycles. The minimum atomic E-state index is -4.49. The summed E-state index contributed by atoms with van der Waals surface area (Å²) in [6, 6.07) is 6.75. The number of hydrogen-bond acceptors (Lipinski definition) is 9. The van der Waals surface area contributed by atoms with Gasteiger partial charge in [0.1, 0.15) is 22.6 Å². The fraction of sp³-hybridized carbons (Fsp3) is 0.370. The number of hydrogen-bond donors (Lipinski definition) is 1. The van der Waals surface area contributed by atoms with Crippen LogP contribution in [0.2, 0.25) is 0 Å². The summed E-state index contributed by atoms with van der Waals surface area (Å²) in [4.78, 5) is 38.5. The molecule has 10 nitrogen and oxygen atoms in total. The average molecular weight is 580 g/mol. The fourth-order valence-corrected chi connectivity index (χ4v) is 3.19. The molecule has 0 spiro atoms. The number of imide groups is 1. The number of anilines is 2. The summed E-state index contributed by atoms with van der Waals surface area (Å²) in [7, 11) is 0. The molecule has 2 heterocycles. The van der Waals surface area contributed by atoms with Crippen LogP contribution in [0.3, 0.4) is 0 Å². The van der Waals surface area contributed by atoms with Crippen molar-refractivity contribution in [2.24, 2.45) is 0 Å². The molecular weight excluding hydrogens is 550 g/mol. The zero-order chi connectivity index (χ0) is 30.8. The molecule has 41 heavy (non-hydrogen) atoms. The van der Waals surface area contributed by atoms with Crippen molar-refractivity contribution in [3.8, 4) is 28.3 Å². The summed E-state index contributed by atoms with van der Waals surface area (Å²) in [6.07, 6.45) is -4.40. The standard InChI is InChI=1S/C27H29F4N5O5/c1-25(2,3)40-23(37)36(24(38)41-26(4,5)6)22-33-12-16(13-34-22)21-20(28)18(32)11-19(35-21)15-7-9-17(10-8-15)39-14-27(29,30)31/h7-13H,14H2,1-6H3,(H2,32,35). The number of carbonyl (C=O) groups excluding carboxylic acids is 2. The molecule has 0 aliphatic carbocycles. The molecule has 0 fully saturated rings. The summed E-state index contributed by atoms with van der Waals surface area (Å²) in [5, 5.41) is 0. The van der Waals surface area contributed by atoms with Crippen molar-refractivity contribution in [2.75, 3.05) is 17.2 Å². The van der Waals surface area contributed by atoms with Gasteiger partial charge < -0.3 is 19.9 Å². The normalized spacial score (nSPS) is 12.0. The Hall–Kier alpha value is -4.49. The van der Waals surface area contributed by atoms with Crippen LogP contribution in [0.1, 0.15) is 41.5 Å². The minimum absolute atomic E-state index is 0.0232. The molecule has 14 heteroatoms. The van der Waals surface area contributed by atoms with Gasteiger partial charge in [0, 0.05) is 23.5 Å². The number of aromatic nitrogens is 3. The van der Waals surface area contributed by atoms with Crippen molar-refractivity contribution in [2.45, 2.75) is 58.9 Å². The second-order valence-electron chi connectivity index (χ2n) is 10.8. The first-order valence-electron chi connectivity index (χ1n) is 12.2. The van der Waals surface area contributed by atoms with E-state index < -0.39 is 47.9 Å². The van der Waals surface area contributed by atoms with Crippen molar-refractivity contribution in [1.82, 2.24) is 15.0 Å². The molecule has 220 valence electrons. The molecular formula is C27H29F4N5O5. The maximum atomic E-state index is 15.0. The Labute approximate surface area is 233 Å². The van der Waals surface area contributed by atoms with Gasteiger partial charge in [0.15, 0.2) is 12.4 Å². The predicted molar refractivity (Wildman–Crippen MR) is 142 cm³/mol. The number of alkyl halides is 3. The van der Waals surface area contributed by atoms with Crippen LogP contribution in [0, 0.1) is 5.82 Å². The van der Waals surface area contributed by atoms with E-state index >= 15 is 4.39 Å². The molecule has 0 unspecified atom stereocenters. The number of benzene rings is 1. The van der Waals surface area contributed by atoms with Gasteiger partial charge in [0.2, 0.25) is 5.95 Å². The lowest BCUT2D eigenvalue weighted by atomic mass is 10.1. The third kappa shape index (κ3) is 8.75. The lowest BCUT2D eigenvalue weighted by Gasteiger charge is -2.27. The van der Waals surface area contributed by atoms with E-state index in [4.69, 9.17) is 19.9 Å². The Balaban J connectivity index is 1.94. The van der Waals surface area contributed by atoms with E-state index in [2.05, 4.69) is 15.0 Å². The number of rotatable bonds is 5. The molecule has 2 N–H and O–H groups in total. The van der Waals surface area contributed by atoms with Crippen LogP contribution in [0.15, 0.2) is 42.7 Å². The predicted octanol–water partition coefficient (Wildman–Crippen LogP) is 6.54. The van der Waals surface area contributed by atoms with Crippen LogP contribution in [0.25, 0.3) is 22.5 Å². The van der Waals surface area contributed by atoms with Gasteiger partial charge in [-0.25, -0.2) is 28.9 Å². The highest BCUT2D eigenvalue weighted by molar-refractivity contribution is 6.08. The number of nitrogen functional groups attached to an aromatic ring is 1. The maximum Gasteiger partial charge on any atom is 0.427 e. The number of pyridine rings is 1. The smallest absolute Gasteiger partial charge is 0.427 e. The van der Waals surface area contributed by atoms with Crippen LogP contribution in [-0.4, -0.2) is 51.1 Å². The van der Waals surface area contributed by atoms with Crippen LogP contribution in [-0.2, 0) is 9.47 Å². The summed E-state index contributed by atoms with van der Waals surface area (Å²) >= 11 is 0. The van der Waals surface area contributed by atoms with Gasteiger partial charge in [-0.15, -0.1) is 4.90 Å². The van der Waals surface area contributed by atoms with E-state index in [1.165, 1.54) is 30.3 Å².